The second-order valence-electron chi connectivity index (χ2n) is 6.13. The maximum Gasteiger partial charge on any atom is 1.00 e. The molecule has 2 aliphatic rings. The van der Waals surface area contributed by atoms with Crippen LogP contribution < -0.4 is 40.0 Å². The Bertz CT molecular complexity index is 868. The minimum atomic E-state index is -1.40. The molecular formula is C18H17N2NaO6S2. The number of hydrogen-bond donors (Lipinski definition) is 1. The molecule has 3 heterocycles. The molecule has 8 nitrogen and oxygen atoms in total. The van der Waals surface area contributed by atoms with Crippen LogP contribution in [0.25, 0.3) is 0 Å². The summed E-state index contributed by atoms with van der Waals surface area (Å²) in [6, 6.07) is 3.02. The molecule has 0 saturated carbocycles. The van der Waals surface area contributed by atoms with E-state index < -0.39 is 18.0 Å². The Kier molecular flexibility index (Phi) is 8.53. The number of ether oxygens (including phenoxy) is 1. The molecule has 11 heteroatoms. The first-order chi connectivity index (χ1) is 13.4. The summed E-state index contributed by atoms with van der Waals surface area (Å²) in [5.74, 6) is -2.02. The molecule has 1 aromatic heterocycles. The molecule has 1 saturated heterocycles. The van der Waals surface area contributed by atoms with Gasteiger partial charge in [-0.15, -0.1) is 23.1 Å². The zero-order valence-electron chi connectivity index (χ0n) is 15.9. The van der Waals surface area contributed by atoms with Gasteiger partial charge in [0, 0.05) is 28.8 Å². The van der Waals surface area contributed by atoms with Crippen LogP contribution in [0.5, 0.6) is 0 Å². The average Bonchev–Trinajstić information content (AvgIpc) is 3.15. The third-order valence-electron chi connectivity index (χ3n) is 4.15. The standard InChI is InChI=1S/C18H18N2O6S2.Na/c1-10(21)26-8-11-9-28-18-16(19-14(22)7-12-3-2-6-27-12)17(25)20(18)13(11)4-5-15(23)24;/h2-6,16,18H,7-9H2,1H3,(H,19,22)(H,23,24);/q;+1/p-1/b5-4+;/t16-,18-;/m1./s1. The fourth-order valence-corrected chi connectivity index (χ4v) is 4.95. The van der Waals surface area contributed by atoms with E-state index in [0.717, 1.165) is 11.0 Å². The Morgan fingerprint density at radius 1 is 1.41 bits per heavy atom. The summed E-state index contributed by atoms with van der Waals surface area (Å²) in [5.41, 5.74) is 0.980. The number of β-lactam (4-membered cyclic amide) rings is 1. The van der Waals surface area contributed by atoms with Gasteiger partial charge in [-0.25, -0.2) is 0 Å². The van der Waals surface area contributed by atoms with E-state index >= 15 is 0 Å². The summed E-state index contributed by atoms with van der Waals surface area (Å²) in [5, 5.41) is 15.1. The second-order valence-corrected chi connectivity index (χ2v) is 8.27. The smallest absolute Gasteiger partial charge is 0.545 e. The van der Waals surface area contributed by atoms with Crippen LogP contribution in [0.1, 0.15) is 11.8 Å². The van der Waals surface area contributed by atoms with Gasteiger partial charge in [-0.2, -0.15) is 0 Å². The van der Waals surface area contributed by atoms with Crippen LogP contribution in [-0.2, 0) is 30.3 Å². The van der Waals surface area contributed by atoms with E-state index in [1.807, 2.05) is 17.5 Å². The third kappa shape index (κ3) is 5.73. The number of esters is 1. The molecule has 1 fully saturated rings. The molecule has 1 N–H and O–H groups in total. The van der Waals surface area contributed by atoms with E-state index in [4.69, 9.17) is 4.74 Å². The SMILES string of the molecule is CC(=O)OCC1=C(/C=C/C(=O)[O-])N2C(=O)[C@@H](NC(=O)Cc3cccs3)[C@H]2SC1.[Na+]. The average molecular weight is 444 g/mol. The number of nitrogens with one attached hydrogen (secondary N) is 1. The van der Waals surface area contributed by atoms with Crippen molar-refractivity contribution >= 4 is 46.9 Å². The molecule has 0 unspecified atom stereocenters. The van der Waals surface area contributed by atoms with Gasteiger partial charge >= 0.3 is 35.5 Å². The van der Waals surface area contributed by atoms with Crippen molar-refractivity contribution in [2.45, 2.75) is 24.8 Å². The molecule has 0 spiro atoms. The van der Waals surface area contributed by atoms with Crippen molar-refractivity contribution in [3.8, 4) is 0 Å². The predicted molar refractivity (Wildman–Crippen MR) is 101 cm³/mol. The predicted octanol–water partition coefficient (Wildman–Crippen LogP) is -3.18. The number of carboxylic acid groups (broad SMARTS) is 1. The Balaban J connectivity index is 0.00000300. The Hall–Kier alpha value is -1.59. The van der Waals surface area contributed by atoms with Crippen molar-refractivity contribution in [1.82, 2.24) is 10.2 Å². The fourth-order valence-electron chi connectivity index (χ4n) is 2.90. The molecule has 148 valence electrons. The van der Waals surface area contributed by atoms with Gasteiger partial charge < -0.3 is 20.0 Å². The van der Waals surface area contributed by atoms with E-state index in [2.05, 4.69) is 5.32 Å². The first-order valence-electron chi connectivity index (χ1n) is 8.37. The second kappa shape index (κ2) is 10.4. The molecule has 1 aromatic rings. The number of fused-ring (bicyclic) bond motifs is 1. The van der Waals surface area contributed by atoms with Gasteiger partial charge in [-0.1, -0.05) is 6.07 Å². The van der Waals surface area contributed by atoms with Crippen molar-refractivity contribution < 1.29 is 58.6 Å². The van der Waals surface area contributed by atoms with Crippen molar-refractivity contribution in [3.63, 3.8) is 0 Å². The van der Waals surface area contributed by atoms with E-state index in [1.165, 1.54) is 41.0 Å². The van der Waals surface area contributed by atoms with Crippen LogP contribution in [0.3, 0.4) is 0 Å². The van der Waals surface area contributed by atoms with Crippen molar-refractivity contribution in [2.24, 2.45) is 0 Å². The summed E-state index contributed by atoms with van der Waals surface area (Å²) in [6.45, 7) is 1.23. The quantitative estimate of drug-likeness (QED) is 0.204. The number of nitrogens with zero attached hydrogens (tertiary/aromatic N) is 1. The third-order valence-corrected chi connectivity index (χ3v) is 6.37. The van der Waals surface area contributed by atoms with E-state index in [9.17, 15) is 24.3 Å². The fraction of sp³-hybridized carbons (Fsp3) is 0.333. The molecule has 3 rings (SSSR count). The number of carbonyl (C=O) groups is 4. The van der Waals surface area contributed by atoms with Gasteiger partial charge in [0.25, 0.3) is 5.91 Å². The monoisotopic (exact) mass is 444 g/mol. The van der Waals surface area contributed by atoms with Crippen LogP contribution in [0.4, 0.5) is 0 Å². The van der Waals surface area contributed by atoms with Gasteiger partial charge in [0.15, 0.2) is 0 Å². The van der Waals surface area contributed by atoms with Crippen LogP contribution >= 0.6 is 23.1 Å². The van der Waals surface area contributed by atoms with Crippen LogP contribution in [-0.4, -0.2) is 52.4 Å². The van der Waals surface area contributed by atoms with Crippen molar-refractivity contribution in [2.75, 3.05) is 12.4 Å². The largest absolute Gasteiger partial charge is 1.00 e. The molecule has 2 atom stereocenters. The normalized spacial score (nSPS) is 20.6. The summed E-state index contributed by atoms with van der Waals surface area (Å²) in [4.78, 5) is 49.1. The van der Waals surface area contributed by atoms with Gasteiger partial charge in [0.2, 0.25) is 5.91 Å². The summed E-state index contributed by atoms with van der Waals surface area (Å²) in [7, 11) is 0. The van der Waals surface area contributed by atoms with E-state index in [0.29, 0.717) is 17.0 Å². The number of aliphatic carboxylic acids is 1. The summed E-state index contributed by atoms with van der Waals surface area (Å²) >= 11 is 2.88. The van der Waals surface area contributed by atoms with Gasteiger partial charge in [-0.05, 0) is 23.6 Å². The first-order valence-corrected chi connectivity index (χ1v) is 10.3. The maximum atomic E-state index is 12.6. The number of thiophene rings is 1. The number of rotatable bonds is 7. The molecule has 0 bridgehead atoms. The molecule has 0 aromatic carbocycles. The number of amides is 2. The topological polar surface area (TPSA) is 116 Å². The Morgan fingerprint density at radius 3 is 2.79 bits per heavy atom. The molecule has 0 radical (unpaired) electrons. The zero-order valence-corrected chi connectivity index (χ0v) is 19.5. The van der Waals surface area contributed by atoms with E-state index in [-0.39, 0.29) is 59.8 Å². The van der Waals surface area contributed by atoms with Gasteiger partial charge in [0.1, 0.15) is 18.0 Å². The summed E-state index contributed by atoms with van der Waals surface area (Å²) < 4.78 is 5.00. The van der Waals surface area contributed by atoms with Gasteiger partial charge in [-0.3, -0.25) is 19.3 Å². The first kappa shape index (κ1) is 23.7. The van der Waals surface area contributed by atoms with Gasteiger partial charge in [0.05, 0.1) is 12.4 Å². The zero-order chi connectivity index (χ0) is 20.3. The minimum Gasteiger partial charge on any atom is -0.545 e. The molecule has 0 aliphatic carbocycles. The summed E-state index contributed by atoms with van der Waals surface area (Å²) in [6.07, 6.45) is 2.29. The van der Waals surface area contributed by atoms with Crippen molar-refractivity contribution in [3.05, 3.63) is 45.8 Å². The number of allylic oxidation sites excluding steroid dienone is 1. The number of carboxylic acids is 1. The van der Waals surface area contributed by atoms with Crippen molar-refractivity contribution in [1.29, 1.82) is 0 Å². The minimum absolute atomic E-state index is 0. The van der Waals surface area contributed by atoms with Crippen LogP contribution in [0.2, 0.25) is 0 Å². The molecule has 2 aliphatic heterocycles. The Labute approximate surface area is 197 Å². The number of carbonyl (C=O) groups excluding carboxylic acids is 4. The van der Waals surface area contributed by atoms with Crippen LogP contribution in [0, 0.1) is 0 Å². The number of thioether (sulfide) groups is 1. The Morgan fingerprint density at radius 2 is 2.17 bits per heavy atom. The maximum absolute atomic E-state index is 12.6. The molecule has 29 heavy (non-hydrogen) atoms. The van der Waals surface area contributed by atoms with E-state index in [1.54, 1.807) is 0 Å². The molecular weight excluding hydrogens is 427 g/mol. The molecule has 2 amide bonds. The van der Waals surface area contributed by atoms with Crippen LogP contribution in [0.15, 0.2) is 40.9 Å². The number of hydrogen-bond acceptors (Lipinski definition) is 8.